The van der Waals surface area contributed by atoms with Crippen molar-refractivity contribution in [3.63, 3.8) is 0 Å². The highest BCUT2D eigenvalue weighted by molar-refractivity contribution is 7.94. The summed E-state index contributed by atoms with van der Waals surface area (Å²) in [6, 6.07) is 14.7. The summed E-state index contributed by atoms with van der Waals surface area (Å²) in [6.07, 6.45) is 1.74. The molecule has 0 spiro atoms. The lowest BCUT2D eigenvalue weighted by Gasteiger charge is -2.24. The molecule has 10 heteroatoms. The van der Waals surface area contributed by atoms with Crippen LogP contribution in [0.5, 0.6) is 0 Å². The summed E-state index contributed by atoms with van der Waals surface area (Å²) in [5.41, 5.74) is 0.241. The molecule has 174 valence electrons. The molecule has 0 atom stereocenters. The third-order valence-electron chi connectivity index (χ3n) is 4.71. The van der Waals surface area contributed by atoms with Gasteiger partial charge in [0.1, 0.15) is 16.6 Å². The maximum atomic E-state index is 14.5. The van der Waals surface area contributed by atoms with Gasteiger partial charge in [0, 0.05) is 6.54 Å². The van der Waals surface area contributed by atoms with E-state index in [0.717, 1.165) is 34.6 Å². The number of sulfonamides is 1. The molecule has 0 saturated carbocycles. The molecule has 0 aliphatic heterocycles. The molecule has 1 aromatic heterocycles. The minimum atomic E-state index is -4.19. The predicted molar refractivity (Wildman–Crippen MR) is 128 cm³/mol. The first kappa shape index (κ1) is 24.4. The highest BCUT2D eigenvalue weighted by atomic mass is 32.2. The summed E-state index contributed by atoms with van der Waals surface area (Å²) in [6.45, 7) is 1.83. The van der Waals surface area contributed by atoms with E-state index in [-0.39, 0.29) is 27.1 Å². The van der Waals surface area contributed by atoms with Crippen molar-refractivity contribution >= 4 is 44.5 Å². The van der Waals surface area contributed by atoms with Gasteiger partial charge in [-0.1, -0.05) is 43.7 Å². The number of carbonyl (C=O) groups excluding carboxylic acids is 2. The molecular weight excluding hydrogens is 465 g/mol. The lowest BCUT2D eigenvalue weighted by molar-refractivity contribution is -0.114. The molecule has 7 nitrogen and oxygen atoms in total. The van der Waals surface area contributed by atoms with Gasteiger partial charge in [0.2, 0.25) is 5.91 Å². The second-order valence-corrected chi connectivity index (χ2v) is 10.1. The number of hydrogen-bond donors (Lipinski definition) is 2. The van der Waals surface area contributed by atoms with Gasteiger partial charge in [-0.25, -0.2) is 12.8 Å². The molecule has 0 bridgehead atoms. The Morgan fingerprint density at radius 1 is 1.03 bits per heavy atom. The fraction of sp³-hybridized carbons (Fsp3) is 0.217. The molecule has 3 aromatic rings. The van der Waals surface area contributed by atoms with Crippen LogP contribution in [-0.4, -0.2) is 33.3 Å². The summed E-state index contributed by atoms with van der Waals surface area (Å²) in [5.74, 6) is -1.84. The zero-order valence-corrected chi connectivity index (χ0v) is 19.6. The monoisotopic (exact) mass is 489 g/mol. The number of rotatable bonds is 10. The standard InChI is InChI=1S/C23H24FN3O4S2/c1-2-3-14-25-23(29)17-9-4-6-11-19(17)26-21(28)16-27(20-12-7-5-10-18(20)24)33(30,31)22-13-8-15-32-22/h4-13,15H,2-3,14,16H2,1H3,(H,25,29)(H,26,28). The second-order valence-electron chi connectivity index (χ2n) is 7.10. The van der Waals surface area contributed by atoms with Crippen molar-refractivity contribution in [3.8, 4) is 0 Å². The van der Waals surface area contributed by atoms with Gasteiger partial charge in [-0.05, 0) is 42.1 Å². The van der Waals surface area contributed by atoms with E-state index < -0.39 is 28.3 Å². The molecule has 33 heavy (non-hydrogen) atoms. The number of unbranched alkanes of at least 4 members (excludes halogenated alkanes) is 1. The van der Waals surface area contributed by atoms with Crippen LogP contribution in [0.25, 0.3) is 0 Å². The van der Waals surface area contributed by atoms with Gasteiger partial charge in [-0.15, -0.1) is 11.3 Å². The zero-order valence-electron chi connectivity index (χ0n) is 18.0. The highest BCUT2D eigenvalue weighted by Crippen LogP contribution is 2.28. The molecule has 2 N–H and O–H groups in total. The predicted octanol–water partition coefficient (Wildman–Crippen LogP) is 4.25. The summed E-state index contributed by atoms with van der Waals surface area (Å²) >= 11 is 0.969. The zero-order chi connectivity index (χ0) is 23.8. The van der Waals surface area contributed by atoms with E-state index in [1.165, 1.54) is 24.3 Å². The van der Waals surface area contributed by atoms with Gasteiger partial charge < -0.3 is 10.6 Å². The Labute approximate surface area is 196 Å². The maximum absolute atomic E-state index is 14.5. The summed E-state index contributed by atoms with van der Waals surface area (Å²) in [5, 5.41) is 6.96. The minimum Gasteiger partial charge on any atom is -0.352 e. The van der Waals surface area contributed by atoms with E-state index in [4.69, 9.17) is 0 Å². The van der Waals surface area contributed by atoms with Gasteiger partial charge in [0.25, 0.3) is 15.9 Å². The fourth-order valence-electron chi connectivity index (χ4n) is 3.06. The van der Waals surface area contributed by atoms with Gasteiger partial charge in [-0.2, -0.15) is 0 Å². The van der Waals surface area contributed by atoms with Crippen molar-refractivity contribution in [2.45, 2.75) is 24.0 Å². The first-order chi connectivity index (χ1) is 15.8. The van der Waals surface area contributed by atoms with E-state index in [2.05, 4.69) is 10.6 Å². The van der Waals surface area contributed by atoms with Crippen molar-refractivity contribution in [2.24, 2.45) is 0 Å². The van der Waals surface area contributed by atoms with Crippen molar-refractivity contribution in [2.75, 3.05) is 22.7 Å². The summed E-state index contributed by atoms with van der Waals surface area (Å²) < 4.78 is 41.6. The molecule has 1 heterocycles. The maximum Gasteiger partial charge on any atom is 0.274 e. The molecule has 0 fully saturated rings. The first-order valence-electron chi connectivity index (χ1n) is 10.3. The van der Waals surface area contributed by atoms with Gasteiger partial charge in [0.15, 0.2) is 0 Å². The third-order valence-corrected chi connectivity index (χ3v) is 7.84. The molecule has 0 aliphatic carbocycles. The topological polar surface area (TPSA) is 95.6 Å². The Morgan fingerprint density at radius 2 is 1.76 bits per heavy atom. The molecular formula is C23H24FN3O4S2. The van der Waals surface area contributed by atoms with Crippen molar-refractivity contribution in [1.82, 2.24) is 5.32 Å². The number of anilines is 2. The lowest BCUT2D eigenvalue weighted by Crippen LogP contribution is -2.38. The van der Waals surface area contributed by atoms with E-state index in [1.54, 1.807) is 35.7 Å². The van der Waals surface area contributed by atoms with Gasteiger partial charge in [-0.3, -0.25) is 13.9 Å². The molecule has 2 amide bonds. The second kappa shape index (κ2) is 11.1. The molecule has 0 aliphatic rings. The van der Waals surface area contributed by atoms with Gasteiger partial charge >= 0.3 is 0 Å². The average Bonchev–Trinajstić information content (AvgIpc) is 3.34. The summed E-state index contributed by atoms with van der Waals surface area (Å²) in [7, 11) is -4.19. The Bertz CT molecular complexity index is 1210. The number of thiophene rings is 1. The van der Waals surface area contributed by atoms with Crippen LogP contribution in [0.2, 0.25) is 0 Å². The normalized spacial score (nSPS) is 11.1. The van der Waals surface area contributed by atoms with Crippen molar-refractivity contribution in [3.05, 3.63) is 77.4 Å². The minimum absolute atomic E-state index is 0.0192. The smallest absolute Gasteiger partial charge is 0.274 e. The number of hydrogen-bond acceptors (Lipinski definition) is 5. The van der Waals surface area contributed by atoms with E-state index in [9.17, 15) is 22.4 Å². The van der Waals surface area contributed by atoms with Crippen LogP contribution in [0.3, 0.4) is 0 Å². The number of nitrogens with zero attached hydrogens (tertiary/aromatic N) is 1. The average molecular weight is 490 g/mol. The molecule has 0 unspecified atom stereocenters. The van der Waals surface area contributed by atoms with Crippen LogP contribution in [0.15, 0.2) is 70.3 Å². The van der Waals surface area contributed by atoms with Crippen LogP contribution in [-0.2, 0) is 14.8 Å². The van der Waals surface area contributed by atoms with Crippen molar-refractivity contribution in [1.29, 1.82) is 0 Å². The van der Waals surface area contributed by atoms with Crippen LogP contribution in [0.4, 0.5) is 15.8 Å². The van der Waals surface area contributed by atoms with Gasteiger partial charge in [0.05, 0.1) is 16.9 Å². The van der Waals surface area contributed by atoms with E-state index in [0.29, 0.717) is 6.54 Å². The Morgan fingerprint density at radius 3 is 2.45 bits per heavy atom. The number of amides is 2. The first-order valence-corrected chi connectivity index (χ1v) is 12.6. The van der Waals surface area contributed by atoms with Crippen LogP contribution >= 0.6 is 11.3 Å². The number of nitrogens with one attached hydrogen (secondary N) is 2. The van der Waals surface area contributed by atoms with Crippen LogP contribution < -0.4 is 14.9 Å². The van der Waals surface area contributed by atoms with Crippen LogP contribution in [0.1, 0.15) is 30.1 Å². The Hall–Kier alpha value is -3.24. The molecule has 0 radical (unpaired) electrons. The number of halogens is 1. The third kappa shape index (κ3) is 5.96. The van der Waals surface area contributed by atoms with E-state index in [1.807, 2.05) is 6.92 Å². The molecule has 3 rings (SSSR count). The molecule has 2 aromatic carbocycles. The molecule has 0 saturated heterocycles. The van der Waals surface area contributed by atoms with Crippen LogP contribution in [0, 0.1) is 5.82 Å². The highest BCUT2D eigenvalue weighted by Gasteiger charge is 2.30. The van der Waals surface area contributed by atoms with E-state index >= 15 is 0 Å². The number of para-hydroxylation sites is 2. The van der Waals surface area contributed by atoms with Crippen molar-refractivity contribution < 1.29 is 22.4 Å². The number of carbonyl (C=O) groups is 2. The number of benzene rings is 2. The lowest BCUT2D eigenvalue weighted by atomic mass is 10.1. The largest absolute Gasteiger partial charge is 0.352 e. The summed E-state index contributed by atoms with van der Waals surface area (Å²) in [4.78, 5) is 25.4. The fourth-order valence-corrected chi connectivity index (χ4v) is 5.59. The SMILES string of the molecule is CCCCNC(=O)c1ccccc1NC(=O)CN(c1ccccc1F)S(=O)(=O)c1cccs1. The Kier molecular flexibility index (Phi) is 8.18. The Balaban J connectivity index is 1.86. The quantitative estimate of drug-likeness (QED) is 0.416.